The Morgan fingerprint density at radius 3 is 2.68 bits per heavy atom. The zero-order valence-corrected chi connectivity index (χ0v) is 17.1. The summed E-state index contributed by atoms with van der Waals surface area (Å²) in [6, 6.07) is 12.6. The molecule has 0 radical (unpaired) electrons. The van der Waals surface area contributed by atoms with Crippen molar-refractivity contribution in [2.45, 2.75) is 6.92 Å². The molecule has 4 rings (SSSR count). The molecule has 1 N–H and O–H groups in total. The van der Waals surface area contributed by atoms with Crippen molar-refractivity contribution < 1.29 is 9.53 Å². The topological polar surface area (TPSA) is 62.4 Å². The van der Waals surface area contributed by atoms with Crippen LogP contribution in [0.25, 0.3) is 21.0 Å². The van der Waals surface area contributed by atoms with Crippen LogP contribution in [-0.2, 0) is 0 Å². The minimum atomic E-state index is -0.234. The van der Waals surface area contributed by atoms with Gasteiger partial charge in [0.1, 0.15) is 5.75 Å². The highest BCUT2D eigenvalue weighted by atomic mass is 35.5. The Bertz CT molecular complexity index is 1290. The number of fused-ring (bicyclic) bond motifs is 3. The average Bonchev–Trinajstić information content (AvgIpc) is 3.14. The first-order valence-corrected chi connectivity index (χ1v) is 9.76. The van der Waals surface area contributed by atoms with Crippen molar-refractivity contribution in [1.29, 1.82) is 0 Å². The van der Waals surface area contributed by atoms with Gasteiger partial charge in [0.15, 0.2) is 0 Å². The highest BCUT2D eigenvalue weighted by Gasteiger charge is 2.21. The van der Waals surface area contributed by atoms with E-state index in [1.54, 1.807) is 38.4 Å². The number of benzene rings is 2. The van der Waals surface area contributed by atoms with Gasteiger partial charge < -0.3 is 14.6 Å². The number of rotatable bonds is 3. The number of amides is 1. The number of anilines is 1. The molecule has 0 bridgehead atoms. The molecule has 0 fully saturated rings. The van der Waals surface area contributed by atoms with Crippen molar-refractivity contribution in [2.24, 2.45) is 0 Å². The number of aromatic amines is 1. The van der Waals surface area contributed by atoms with Gasteiger partial charge in [0.25, 0.3) is 11.5 Å². The first kappa shape index (κ1) is 18.5. The smallest absolute Gasteiger partial charge is 0.268 e. The summed E-state index contributed by atoms with van der Waals surface area (Å²) < 4.78 is 6.16. The van der Waals surface area contributed by atoms with E-state index in [-0.39, 0.29) is 11.5 Å². The number of carbonyl (C=O) groups excluding carboxylic acids is 1. The Kier molecular flexibility index (Phi) is 4.61. The Labute approximate surface area is 170 Å². The second kappa shape index (κ2) is 6.96. The standard InChI is InChI=1S/C21H17ClN2O3S/c1-11-4-6-15-13(8-11)19-14(20(25)23-15)10-18(28-19)21(26)24(2)16-9-12(22)5-7-17(16)27-3/h4-10H,1-3H3,(H,23,25). The molecule has 28 heavy (non-hydrogen) atoms. The minimum absolute atomic E-state index is 0.204. The zero-order valence-electron chi connectivity index (χ0n) is 15.5. The predicted octanol–water partition coefficient (Wildman–Crippen LogP) is 4.99. The van der Waals surface area contributed by atoms with Gasteiger partial charge in [-0.1, -0.05) is 23.2 Å². The molecule has 0 spiro atoms. The predicted molar refractivity (Wildman–Crippen MR) is 115 cm³/mol. The van der Waals surface area contributed by atoms with Crippen molar-refractivity contribution in [1.82, 2.24) is 4.98 Å². The molecule has 2 aromatic carbocycles. The lowest BCUT2D eigenvalue weighted by molar-refractivity contribution is 0.0996. The number of aryl methyl sites for hydroxylation is 1. The third-order valence-corrected chi connectivity index (χ3v) is 6.05. The molecule has 0 aliphatic rings. The number of carbonyl (C=O) groups is 1. The van der Waals surface area contributed by atoms with Crippen LogP contribution in [0.3, 0.4) is 0 Å². The van der Waals surface area contributed by atoms with Gasteiger partial charge in [-0.05, 0) is 43.3 Å². The van der Waals surface area contributed by atoms with Gasteiger partial charge in [-0.2, -0.15) is 0 Å². The molecule has 142 valence electrons. The quantitative estimate of drug-likeness (QED) is 0.515. The molecule has 7 heteroatoms. The number of H-pyrrole nitrogens is 1. The highest BCUT2D eigenvalue weighted by Crippen LogP contribution is 2.34. The molecular formula is C21H17ClN2O3S. The second-order valence-corrected chi connectivity index (χ2v) is 8.03. The molecule has 0 saturated heterocycles. The van der Waals surface area contributed by atoms with Crippen LogP contribution in [0.2, 0.25) is 5.02 Å². The second-order valence-electron chi connectivity index (χ2n) is 6.54. The number of hydrogen-bond acceptors (Lipinski definition) is 4. The maximum atomic E-state index is 13.1. The number of thiophene rings is 1. The molecule has 1 amide bonds. The van der Waals surface area contributed by atoms with Crippen LogP contribution < -0.4 is 15.2 Å². The Hall–Kier alpha value is -2.83. The summed E-state index contributed by atoms with van der Waals surface area (Å²) in [7, 11) is 3.20. The van der Waals surface area contributed by atoms with E-state index in [2.05, 4.69) is 4.98 Å². The largest absolute Gasteiger partial charge is 0.495 e. The molecule has 0 aliphatic carbocycles. The van der Waals surface area contributed by atoms with E-state index >= 15 is 0 Å². The molecule has 2 aromatic heterocycles. The Balaban J connectivity index is 1.85. The van der Waals surface area contributed by atoms with E-state index in [1.165, 1.54) is 16.2 Å². The molecule has 5 nitrogen and oxygen atoms in total. The molecular weight excluding hydrogens is 396 g/mol. The van der Waals surface area contributed by atoms with Gasteiger partial charge >= 0.3 is 0 Å². The van der Waals surface area contributed by atoms with E-state index in [4.69, 9.17) is 16.3 Å². The number of methoxy groups -OCH3 is 1. The number of halogens is 1. The normalized spacial score (nSPS) is 11.1. The average molecular weight is 413 g/mol. The van der Waals surface area contributed by atoms with Crippen LogP contribution in [0, 0.1) is 6.92 Å². The van der Waals surface area contributed by atoms with E-state index in [0.29, 0.717) is 26.7 Å². The lowest BCUT2D eigenvalue weighted by Crippen LogP contribution is -2.25. The van der Waals surface area contributed by atoms with Crippen LogP contribution in [-0.4, -0.2) is 25.0 Å². The number of ether oxygens (including phenoxy) is 1. The monoisotopic (exact) mass is 412 g/mol. The van der Waals surface area contributed by atoms with Gasteiger partial charge in [0.05, 0.1) is 23.1 Å². The fraction of sp³-hybridized carbons (Fsp3) is 0.143. The Morgan fingerprint density at radius 1 is 1.14 bits per heavy atom. The summed E-state index contributed by atoms with van der Waals surface area (Å²) in [6.45, 7) is 2.00. The third-order valence-electron chi connectivity index (χ3n) is 4.66. The van der Waals surface area contributed by atoms with Crippen molar-refractivity contribution in [2.75, 3.05) is 19.1 Å². The fourth-order valence-electron chi connectivity index (χ4n) is 3.21. The van der Waals surface area contributed by atoms with E-state index in [1.807, 2.05) is 25.1 Å². The van der Waals surface area contributed by atoms with Gasteiger partial charge in [0, 0.05) is 27.7 Å². The maximum Gasteiger partial charge on any atom is 0.268 e. The van der Waals surface area contributed by atoms with E-state index in [0.717, 1.165) is 21.2 Å². The number of pyridine rings is 1. The number of aromatic nitrogens is 1. The number of nitrogens with one attached hydrogen (secondary N) is 1. The highest BCUT2D eigenvalue weighted by molar-refractivity contribution is 7.21. The van der Waals surface area contributed by atoms with Crippen LogP contribution in [0.1, 0.15) is 15.2 Å². The van der Waals surface area contributed by atoms with Crippen molar-refractivity contribution in [3.63, 3.8) is 0 Å². The lowest BCUT2D eigenvalue weighted by atomic mass is 10.1. The van der Waals surface area contributed by atoms with Crippen LogP contribution in [0.5, 0.6) is 5.75 Å². The summed E-state index contributed by atoms with van der Waals surface area (Å²) in [5, 5.41) is 1.95. The summed E-state index contributed by atoms with van der Waals surface area (Å²) in [4.78, 5) is 30.5. The molecule has 2 heterocycles. The number of nitrogens with zero attached hydrogens (tertiary/aromatic N) is 1. The van der Waals surface area contributed by atoms with Crippen LogP contribution in [0.15, 0.2) is 47.3 Å². The fourth-order valence-corrected chi connectivity index (χ4v) is 4.54. The van der Waals surface area contributed by atoms with Crippen LogP contribution >= 0.6 is 22.9 Å². The molecule has 4 aromatic rings. The zero-order chi connectivity index (χ0) is 20.0. The minimum Gasteiger partial charge on any atom is -0.495 e. The van der Waals surface area contributed by atoms with Gasteiger partial charge in [0.2, 0.25) is 0 Å². The molecule has 0 saturated carbocycles. The summed E-state index contributed by atoms with van der Waals surface area (Å²) in [5.74, 6) is 0.308. The number of hydrogen-bond donors (Lipinski definition) is 1. The van der Waals surface area contributed by atoms with Crippen molar-refractivity contribution in [3.8, 4) is 5.75 Å². The maximum absolute atomic E-state index is 13.1. The molecule has 0 atom stereocenters. The van der Waals surface area contributed by atoms with Crippen molar-refractivity contribution in [3.05, 3.63) is 68.3 Å². The summed E-state index contributed by atoms with van der Waals surface area (Å²) >= 11 is 7.41. The van der Waals surface area contributed by atoms with Gasteiger partial charge in [-0.15, -0.1) is 11.3 Å². The van der Waals surface area contributed by atoms with E-state index < -0.39 is 0 Å². The summed E-state index contributed by atoms with van der Waals surface area (Å²) in [6.07, 6.45) is 0. The third kappa shape index (κ3) is 3.04. The van der Waals surface area contributed by atoms with Crippen molar-refractivity contribution >= 4 is 55.5 Å². The van der Waals surface area contributed by atoms with Gasteiger partial charge in [-0.25, -0.2) is 0 Å². The van der Waals surface area contributed by atoms with Gasteiger partial charge in [-0.3, -0.25) is 9.59 Å². The first-order valence-electron chi connectivity index (χ1n) is 8.57. The lowest BCUT2D eigenvalue weighted by Gasteiger charge is -2.19. The molecule has 0 aliphatic heterocycles. The van der Waals surface area contributed by atoms with E-state index in [9.17, 15) is 9.59 Å². The SMILES string of the molecule is COc1ccc(Cl)cc1N(C)C(=O)c1cc2c(=O)[nH]c3ccc(C)cc3c2s1. The Morgan fingerprint density at radius 2 is 1.93 bits per heavy atom. The summed E-state index contributed by atoms with van der Waals surface area (Å²) in [5.41, 5.74) is 2.20. The first-order chi connectivity index (χ1) is 13.4. The molecule has 0 unspecified atom stereocenters. The van der Waals surface area contributed by atoms with Crippen LogP contribution in [0.4, 0.5) is 5.69 Å².